The van der Waals surface area contributed by atoms with Crippen LogP contribution in [0, 0.1) is 6.92 Å². The molecule has 3 aromatic heterocycles. The summed E-state index contributed by atoms with van der Waals surface area (Å²) in [4.78, 5) is 47.6. The third-order valence-electron chi connectivity index (χ3n) is 7.66. The molecule has 1 aliphatic carbocycles. The molecule has 0 saturated heterocycles. The molecule has 0 radical (unpaired) electrons. The van der Waals surface area contributed by atoms with Gasteiger partial charge in [0.05, 0.1) is 23.5 Å². The Morgan fingerprint density at radius 1 is 1.00 bits per heavy atom. The summed E-state index contributed by atoms with van der Waals surface area (Å²) in [5.74, 6) is 0.698. The molecule has 0 aliphatic heterocycles. The second-order valence-electron chi connectivity index (χ2n) is 11.1. The van der Waals surface area contributed by atoms with Gasteiger partial charge in [-0.05, 0) is 68.7 Å². The fourth-order valence-corrected chi connectivity index (χ4v) is 5.12. The first-order chi connectivity index (χ1) is 21.6. The number of aromatic nitrogens is 5. The fourth-order valence-electron chi connectivity index (χ4n) is 5.12. The van der Waals surface area contributed by atoms with E-state index in [-0.39, 0.29) is 35.8 Å². The summed E-state index contributed by atoms with van der Waals surface area (Å²) in [6.45, 7) is 3.82. The molecule has 5 aromatic rings. The number of alkyl halides is 3. The Morgan fingerprint density at radius 3 is 2.33 bits per heavy atom. The first kappa shape index (κ1) is 29.9. The highest BCUT2D eigenvalue weighted by Crippen LogP contribution is 2.37. The van der Waals surface area contributed by atoms with Gasteiger partial charge in [-0.3, -0.25) is 14.2 Å². The number of halogens is 3. The molecule has 0 bridgehead atoms. The lowest BCUT2D eigenvalue weighted by atomic mass is 10.1. The molecule has 0 unspecified atom stereocenters. The molecule has 9 nitrogen and oxygen atoms in total. The van der Waals surface area contributed by atoms with Crippen LogP contribution in [-0.4, -0.2) is 41.7 Å². The monoisotopic (exact) mass is 614 g/mol. The van der Waals surface area contributed by atoms with E-state index in [1.165, 1.54) is 28.8 Å². The molecule has 0 spiro atoms. The predicted octanol–water partition coefficient (Wildman–Crippen LogP) is 5.99. The first-order valence-corrected chi connectivity index (χ1v) is 14.5. The summed E-state index contributed by atoms with van der Waals surface area (Å²) in [5.41, 5.74) is 2.67. The van der Waals surface area contributed by atoms with Crippen LogP contribution >= 0.6 is 0 Å². The summed E-state index contributed by atoms with van der Waals surface area (Å²) in [6.07, 6.45) is 2.08. The van der Waals surface area contributed by atoms with Gasteiger partial charge in [0.2, 0.25) is 5.91 Å². The van der Waals surface area contributed by atoms with Crippen molar-refractivity contribution in [2.24, 2.45) is 0 Å². The van der Waals surface area contributed by atoms with Crippen LogP contribution in [0.4, 0.5) is 13.2 Å². The van der Waals surface area contributed by atoms with Gasteiger partial charge in [-0.15, -0.1) is 13.2 Å². The van der Waals surface area contributed by atoms with E-state index in [1.807, 2.05) is 31.2 Å². The Labute approximate surface area is 256 Å². The van der Waals surface area contributed by atoms with Crippen LogP contribution in [0.3, 0.4) is 0 Å². The van der Waals surface area contributed by atoms with E-state index >= 15 is 0 Å². The second-order valence-corrected chi connectivity index (χ2v) is 11.1. The molecule has 230 valence electrons. The van der Waals surface area contributed by atoms with Crippen molar-refractivity contribution in [3.8, 4) is 11.4 Å². The average Bonchev–Trinajstić information content (AvgIpc) is 3.87. The van der Waals surface area contributed by atoms with Gasteiger partial charge in [0.1, 0.15) is 17.4 Å². The largest absolute Gasteiger partial charge is 0.573 e. The Balaban J connectivity index is 1.39. The number of hydrogen-bond donors (Lipinski definition) is 0. The van der Waals surface area contributed by atoms with Gasteiger partial charge in [-0.25, -0.2) is 19.9 Å². The van der Waals surface area contributed by atoms with Crippen LogP contribution in [0.25, 0.3) is 16.7 Å². The number of fused-ring (bicyclic) bond motifs is 1. The maximum atomic E-state index is 14.0. The normalized spacial score (nSPS) is 13.9. The molecule has 6 rings (SSSR count). The Morgan fingerprint density at radius 2 is 1.69 bits per heavy atom. The van der Waals surface area contributed by atoms with E-state index in [9.17, 15) is 22.8 Å². The number of carbonyl (C=O) groups excluding carboxylic acids is 1. The molecule has 2 aromatic carbocycles. The third kappa shape index (κ3) is 6.84. The minimum Gasteiger partial charge on any atom is -0.406 e. The number of nitrogens with zero attached hydrogens (tertiary/aromatic N) is 6. The maximum absolute atomic E-state index is 14.0. The number of aryl methyl sites for hydroxylation is 1. The van der Waals surface area contributed by atoms with Crippen molar-refractivity contribution in [2.45, 2.75) is 58.0 Å². The van der Waals surface area contributed by atoms with Crippen molar-refractivity contribution in [3.63, 3.8) is 0 Å². The van der Waals surface area contributed by atoms with Crippen LogP contribution in [0.2, 0.25) is 0 Å². The zero-order valence-electron chi connectivity index (χ0n) is 24.5. The van der Waals surface area contributed by atoms with Gasteiger partial charge in [0.25, 0.3) is 5.56 Å². The second kappa shape index (κ2) is 12.1. The summed E-state index contributed by atoms with van der Waals surface area (Å²) in [5, 5.41) is 0.331. The van der Waals surface area contributed by atoms with Gasteiger partial charge < -0.3 is 9.64 Å². The third-order valence-corrected chi connectivity index (χ3v) is 7.66. The fraction of sp³-hybridized carbons (Fsp3) is 0.273. The van der Waals surface area contributed by atoms with Crippen LogP contribution in [0.1, 0.15) is 60.1 Å². The Hall–Kier alpha value is -5.13. The average molecular weight is 615 g/mol. The molecule has 0 N–H and O–H groups in total. The van der Waals surface area contributed by atoms with E-state index in [1.54, 1.807) is 42.5 Å². The molecule has 1 aliphatic rings. The molecule has 12 heteroatoms. The minimum atomic E-state index is -4.82. The van der Waals surface area contributed by atoms with Crippen LogP contribution < -0.4 is 10.3 Å². The number of amides is 1. The van der Waals surface area contributed by atoms with Gasteiger partial charge in [-0.2, -0.15) is 0 Å². The first-order valence-electron chi connectivity index (χ1n) is 14.5. The van der Waals surface area contributed by atoms with Crippen molar-refractivity contribution in [1.82, 2.24) is 29.4 Å². The molecule has 1 fully saturated rings. The highest BCUT2D eigenvalue weighted by molar-refractivity contribution is 5.79. The molecule has 3 heterocycles. The highest BCUT2D eigenvalue weighted by atomic mass is 19.4. The maximum Gasteiger partial charge on any atom is 0.573 e. The van der Waals surface area contributed by atoms with Crippen molar-refractivity contribution in [2.75, 3.05) is 0 Å². The zero-order chi connectivity index (χ0) is 31.7. The van der Waals surface area contributed by atoms with Crippen LogP contribution in [-0.2, 0) is 17.8 Å². The predicted molar refractivity (Wildman–Crippen MR) is 160 cm³/mol. The Bertz CT molecular complexity index is 1890. The van der Waals surface area contributed by atoms with Crippen molar-refractivity contribution >= 4 is 16.9 Å². The van der Waals surface area contributed by atoms with Gasteiger partial charge in [-0.1, -0.05) is 29.8 Å². The number of benzene rings is 2. The molecular weight excluding hydrogens is 585 g/mol. The molecule has 1 saturated carbocycles. The minimum absolute atomic E-state index is 0.101. The van der Waals surface area contributed by atoms with Gasteiger partial charge >= 0.3 is 6.36 Å². The molecular formula is C33H29F3N6O3. The summed E-state index contributed by atoms with van der Waals surface area (Å²) in [6, 6.07) is 15.1. The number of hydrogen-bond acceptors (Lipinski definition) is 7. The lowest BCUT2D eigenvalue weighted by molar-refractivity contribution is -0.274. The number of carbonyl (C=O) groups is 1. The van der Waals surface area contributed by atoms with Crippen molar-refractivity contribution in [1.29, 1.82) is 0 Å². The lowest BCUT2D eigenvalue weighted by Crippen LogP contribution is -2.38. The van der Waals surface area contributed by atoms with Crippen LogP contribution in [0.15, 0.2) is 84.0 Å². The van der Waals surface area contributed by atoms with E-state index in [0.717, 1.165) is 24.2 Å². The van der Waals surface area contributed by atoms with Crippen LogP contribution in [0.5, 0.6) is 5.75 Å². The zero-order valence-corrected chi connectivity index (χ0v) is 24.5. The number of ether oxygens (including phenoxy) is 1. The highest BCUT2D eigenvalue weighted by Gasteiger charge is 2.32. The smallest absolute Gasteiger partial charge is 0.406 e. The Kier molecular flexibility index (Phi) is 8.05. The molecule has 1 amide bonds. The lowest BCUT2D eigenvalue weighted by Gasteiger charge is -2.30. The number of pyridine rings is 1. The topological polar surface area (TPSA) is 103 Å². The number of rotatable bonds is 9. The van der Waals surface area contributed by atoms with E-state index < -0.39 is 12.4 Å². The summed E-state index contributed by atoms with van der Waals surface area (Å²) >= 11 is 0. The standard InChI is InChI=1S/C33H29F3N6O3/c1-20-5-11-25(12-6-20)42-31(40-30-27(32(42)44)4-3-15-37-30)21(2)41(19-23-17-38-29(39-18-23)24-9-10-24)28(43)16-22-7-13-26(14-8-22)45-33(34,35)36/h3-8,11-15,17-18,21,24H,9-10,16,19H2,1-2H3/t21-/m1/s1. The van der Waals surface area contributed by atoms with Crippen molar-refractivity contribution in [3.05, 3.63) is 118 Å². The van der Waals surface area contributed by atoms with E-state index in [2.05, 4.69) is 19.7 Å². The van der Waals surface area contributed by atoms with Gasteiger partial charge in [0.15, 0.2) is 5.65 Å². The molecule has 1 atom stereocenters. The van der Waals surface area contributed by atoms with Gasteiger partial charge in [0, 0.05) is 36.6 Å². The van der Waals surface area contributed by atoms with E-state index in [4.69, 9.17) is 4.98 Å². The molecule has 45 heavy (non-hydrogen) atoms. The summed E-state index contributed by atoms with van der Waals surface area (Å²) in [7, 11) is 0. The quantitative estimate of drug-likeness (QED) is 0.201. The van der Waals surface area contributed by atoms with E-state index in [0.29, 0.717) is 33.9 Å². The summed E-state index contributed by atoms with van der Waals surface area (Å²) < 4.78 is 43.4. The SMILES string of the molecule is Cc1ccc(-n2c([C@@H](C)N(Cc3cnc(C4CC4)nc3)C(=O)Cc3ccc(OC(F)(F)F)cc3)nc3ncccc3c2=O)cc1. The van der Waals surface area contributed by atoms with Crippen molar-refractivity contribution < 1.29 is 22.7 Å².